The number of halogens is 1. The number of carbonyl (C=O) groups excluding carboxylic acids is 3. The highest BCUT2D eigenvalue weighted by molar-refractivity contribution is 6.34. The van der Waals surface area contributed by atoms with Gasteiger partial charge < -0.3 is 10.2 Å². The number of para-hydroxylation sites is 2. The van der Waals surface area contributed by atoms with Crippen molar-refractivity contribution in [3.63, 3.8) is 0 Å². The summed E-state index contributed by atoms with van der Waals surface area (Å²) >= 11 is 6.60. The standard InChI is InChI=1S/C35H27ClN2O3/c1-20-15-17-22(18-16-20)32(39)30-31(33(40)24-10-3-6-12-26(24)36)38-28-14-8-4-9-23(28)21(2)19-29(38)35(30)25-11-5-7-13-27(25)37-34(35)41/h3-19,29-31H,1-2H3,(H,37,41)/t29-,30-,31-,35-/m0/s1. The Kier molecular flexibility index (Phi) is 5.77. The van der Waals surface area contributed by atoms with E-state index in [4.69, 9.17) is 11.6 Å². The number of amides is 1. The van der Waals surface area contributed by atoms with Crippen LogP contribution in [-0.2, 0) is 10.2 Å². The Morgan fingerprint density at radius 2 is 1.51 bits per heavy atom. The smallest absolute Gasteiger partial charge is 0.238 e. The SMILES string of the molecule is CC1=C[C@@H]2N(c3ccccc31)[C@H](C(=O)c1ccccc1Cl)[C@@H](C(=O)c1ccc(C)cc1)[C@@]21C(=O)Nc2ccccc21. The van der Waals surface area contributed by atoms with Crippen LogP contribution in [0.4, 0.5) is 11.4 Å². The Labute approximate surface area is 243 Å². The quantitative estimate of drug-likeness (QED) is 0.277. The molecule has 0 radical (unpaired) electrons. The van der Waals surface area contributed by atoms with Crippen LogP contribution in [0.15, 0.2) is 103 Å². The normalized spacial score (nSPS) is 23.9. The van der Waals surface area contributed by atoms with Gasteiger partial charge in [0.2, 0.25) is 5.91 Å². The maximum Gasteiger partial charge on any atom is 0.238 e. The van der Waals surface area contributed by atoms with Gasteiger partial charge in [-0.15, -0.1) is 0 Å². The number of hydrogen-bond donors (Lipinski definition) is 1. The Bertz CT molecular complexity index is 1790. The summed E-state index contributed by atoms with van der Waals surface area (Å²) in [4.78, 5) is 46.0. The molecule has 0 bridgehead atoms. The van der Waals surface area contributed by atoms with Gasteiger partial charge in [0.05, 0.1) is 17.0 Å². The van der Waals surface area contributed by atoms with Crippen LogP contribution < -0.4 is 10.2 Å². The second kappa shape index (κ2) is 9.28. The highest BCUT2D eigenvalue weighted by atomic mass is 35.5. The molecular formula is C35H27ClN2O3. The Balaban J connectivity index is 1.57. The zero-order chi connectivity index (χ0) is 28.5. The molecule has 1 N–H and O–H groups in total. The number of allylic oxidation sites excluding steroid dienone is 1. The Morgan fingerprint density at radius 3 is 2.29 bits per heavy atom. The molecule has 0 aliphatic carbocycles. The number of aryl methyl sites for hydroxylation is 1. The van der Waals surface area contributed by atoms with Crippen LogP contribution in [-0.4, -0.2) is 29.6 Å². The van der Waals surface area contributed by atoms with Crippen molar-refractivity contribution < 1.29 is 14.4 Å². The van der Waals surface area contributed by atoms with Crippen molar-refractivity contribution in [3.05, 3.63) is 136 Å². The number of nitrogens with one attached hydrogen (secondary N) is 1. The van der Waals surface area contributed by atoms with Gasteiger partial charge in [0.25, 0.3) is 0 Å². The van der Waals surface area contributed by atoms with Gasteiger partial charge >= 0.3 is 0 Å². The first kappa shape index (κ1) is 25.5. The van der Waals surface area contributed by atoms with E-state index in [-0.39, 0.29) is 17.5 Å². The topological polar surface area (TPSA) is 66.5 Å². The van der Waals surface area contributed by atoms with E-state index in [1.807, 2.05) is 79.4 Å². The molecule has 4 atom stereocenters. The number of carbonyl (C=O) groups is 3. The summed E-state index contributed by atoms with van der Waals surface area (Å²) in [6, 6.07) is 28.1. The predicted molar refractivity (Wildman–Crippen MR) is 162 cm³/mol. The molecule has 3 aliphatic rings. The molecule has 0 aromatic heterocycles. The number of benzene rings is 4. The molecule has 6 heteroatoms. The van der Waals surface area contributed by atoms with Crippen molar-refractivity contribution in [2.24, 2.45) is 5.92 Å². The van der Waals surface area contributed by atoms with Crippen molar-refractivity contribution in [1.29, 1.82) is 0 Å². The highest BCUT2D eigenvalue weighted by Crippen LogP contribution is 2.59. The van der Waals surface area contributed by atoms with Crippen LogP contribution in [0, 0.1) is 12.8 Å². The third-order valence-corrected chi connectivity index (χ3v) is 9.24. The fourth-order valence-corrected chi connectivity index (χ4v) is 7.33. The zero-order valence-corrected chi connectivity index (χ0v) is 23.4. The number of rotatable bonds is 4. The molecule has 7 rings (SSSR count). The molecule has 1 saturated heterocycles. The summed E-state index contributed by atoms with van der Waals surface area (Å²) in [5, 5.41) is 3.38. The third kappa shape index (κ3) is 3.52. The van der Waals surface area contributed by atoms with Gasteiger partial charge in [0, 0.05) is 28.1 Å². The summed E-state index contributed by atoms with van der Waals surface area (Å²) in [5.41, 5.74) is 4.61. The van der Waals surface area contributed by atoms with Crippen LogP contribution in [0.25, 0.3) is 5.57 Å². The lowest BCUT2D eigenvalue weighted by Crippen LogP contribution is -2.51. The third-order valence-electron chi connectivity index (χ3n) is 8.91. The van der Waals surface area contributed by atoms with Gasteiger partial charge in [-0.05, 0) is 49.2 Å². The first-order chi connectivity index (χ1) is 19.8. The van der Waals surface area contributed by atoms with Gasteiger partial charge in [0.15, 0.2) is 11.6 Å². The molecule has 41 heavy (non-hydrogen) atoms. The maximum absolute atomic E-state index is 14.8. The first-order valence-corrected chi connectivity index (χ1v) is 14.1. The summed E-state index contributed by atoms with van der Waals surface area (Å²) in [6.07, 6.45) is 2.05. The summed E-state index contributed by atoms with van der Waals surface area (Å²) in [5.74, 6) is -1.85. The lowest BCUT2D eigenvalue weighted by Gasteiger charge is -2.39. The van der Waals surface area contributed by atoms with Crippen LogP contribution in [0.3, 0.4) is 0 Å². The second-order valence-electron chi connectivity index (χ2n) is 11.1. The number of nitrogens with zero attached hydrogens (tertiary/aromatic N) is 1. The number of hydrogen-bond acceptors (Lipinski definition) is 4. The van der Waals surface area contributed by atoms with Crippen molar-refractivity contribution in [2.45, 2.75) is 31.3 Å². The number of Topliss-reactive ketones (excluding diaryl/α,β-unsaturated/α-hetero) is 2. The van der Waals surface area contributed by atoms with Gasteiger partial charge in [-0.1, -0.05) is 96.0 Å². The van der Waals surface area contributed by atoms with Crippen LogP contribution >= 0.6 is 11.6 Å². The van der Waals surface area contributed by atoms with Crippen LogP contribution in [0.1, 0.15) is 44.3 Å². The zero-order valence-electron chi connectivity index (χ0n) is 22.6. The molecule has 0 unspecified atom stereocenters. The summed E-state index contributed by atoms with van der Waals surface area (Å²) in [7, 11) is 0. The Hall–Kier alpha value is -4.48. The molecule has 3 heterocycles. The molecule has 0 saturated carbocycles. The molecule has 4 aromatic rings. The molecule has 3 aliphatic heterocycles. The fraction of sp³-hybridized carbons (Fsp3) is 0.171. The molecule has 4 aromatic carbocycles. The van der Waals surface area contributed by atoms with Gasteiger partial charge in [-0.3, -0.25) is 14.4 Å². The van der Waals surface area contributed by atoms with E-state index in [0.717, 1.165) is 28.0 Å². The van der Waals surface area contributed by atoms with Gasteiger partial charge in [-0.2, -0.15) is 0 Å². The van der Waals surface area contributed by atoms with E-state index in [0.29, 0.717) is 21.8 Å². The predicted octanol–water partition coefficient (Wildman–Crippen LogP) is 6.89. The van der Waals surface area contributed by atoms with E-state index < -0.39 is 23.4 Å². The molecule has 5 nitrogen and oxygen atoms in total. The largest absolute Gasteiger partial charge is 0.352 e. The number of fused-ring (bicyclic) bond motifs is 6. The Morgan fingerprint density at radius 1 is 0.829 bits per heavy atom. The van der Waals surface area contributed by atoms with E-state index in [2.05, 4.69) is 11.4 Å². The van der Waals surface area contributed by atoms with Crippen molar-refractivity contribution in [1.82, 2.24) is 0 Å². The van der Waals surface area contributed by atoms with Gasteiger partial charge in [0.1, 0.15) is 11.5 Å². The molecule has 1 spiro atoms. The minimum Gasteiger partial charge on any atom is -0.352 e. The van der Waals surface area contributed by atoms with E-state index in [9.17, 15) is 14.4 Å². The minimum atomic E-state index is -1.35. The lowest BCUT2D eigenvalue weighted by molar-refractivity contribution is -0.121. The number of anilines is 2. The first-order valence-electron chi connectivity index (χ1n) is 13.7. The van der Waals surface area contributed by atoms with E-state index in [1.165, 1.54) is 0 Å². The highest BCUT2D eigenvalue weighted by Gasteiger charge is 2.70. The summed E-state index contributed by atoms with van der Waals surface area (Å²) < 4.78 is 0. The van der Waals surface area contributed by atoms with Gasteiger partial charge in [-0.25, -0.2) is 0 Å². The fourth-order valence-electron chi connectivity index (χ4n) is 7.11. The van der Waals surface area contributed by atoms with Crippen LogP contribution in [0.2, 0.25) is 5.02 Å². The minimum absolute atomic E-state index is 0.250. The molecule has 202 valence electrons. The average Bonchev–Trinajstić information content (AvgIpc) is 3.45. The maximum atomic E-state index is 14.8. The second-order valence-corrected chi connectivity index (χ2v) is 11.5. The van der Waals surface area contributed by atoms with E-state index >= 15 is 0 Å². The van der Waals surface area contributed by atoms with E-state index in [1.54, 1.807) is 36.4 Å². The van der Waals surface area contributed by atoms with Crippen molar-refractivity contribution in [3.8, 4) is 0 Å². The van der Waals surface area contributed by atoms with Crippen molar-refractivity contribution >= 4 is 46.0 Å². The monoisotopic (exact) mass is 558 g/mol. The average molecular weight is 559 g/mol. The number of ketones is 2. The summed E-state index contributed by atoms with van der Waals surface area (Å²) in [6.45, 7) is 3.98. The lowest BCUT2D eigenvalue weighted by atomic mass is 9.64. The van der Waals surface area contributed by atoms with Crippen LogP contribution in [0.5, 0.6) is 0 Å². The molecular weight excluding hydrogens is 532 g/mol. The molecule has 1 amide bonds. The van der Waals surface area contributed by atoms with Crippen molar-refractivity contribution in [2.75, 3.05) is 10.2 Å². The molecule has 1 fully saturated rings.